The van der Waals surface area contributed by atoms with Crippen molar-refractivity contribution in [1.82, 2.24) is 20.7 Å². The molecule has 1 amide bonds. The number of para-hydroxylation sites is 1. The van der Waals surface area contributed by atoms with Crippen LogP contribution in [0.2, 0.25) is 0 Å². The fourth-order valence-corrected chi connectivity index (χ4v) is 1.97. The maximum atomic E-state index is 11.8. The van der Waals surface area contributed by atoms with Crippen LogP contribution < -0.4 is 10.1 Å². The molecule has 0 bridgehead atoms. The van der Waals surface area contributed by atoms with Crippen molar-refractivity contribution < 1.29 is 9.53 Å². The second-order valence-electron chi connectivity index (χ2n) is 5.14. The molecule has 0 saturated heterocycles. The number of benzene rings is 1. The molecule has 6 heteroatoms. The van der Waals surface area contributed by atoms with Gasteiger partial charge < -0.3 is 10.1 Å². The van der Waals surface area contributed by atoms with E-state index < -0.39 is 0 Å². The first kappa shape index (κ1) is 12.7. The van der Waals surface area contributed by atoms with E-state index in [1.807, 2.05) is 30.3 Å². The highest BCUT2D eigenvalue weighted by Crippen LogP contribution is 2.45. The first-order valence-corrected chi connectivity index (χ1v) is 6.59. The van der Waals surface area contributed by atoms with Gasteiger partial charge in [-0.1, -0.05) is 18.2 Å². The predicted molar refractivity (Wildman–Crippen MR) is 72.3 cm³/mol. The summed E-state index contributed by atoms with van der Waals surface area (Å²) in [7, 11) is 0. The third-order valence-electron chi connectivity index (χ3n) is 3.52. The van der Waals surface area contributed by atoms with Crippen molar-refractivity contribution in [3.05, 3.63) is 42.2 Å². The Kier molecular flexibility index (Phi) is 3.37. The number of hydrogen-bond acceptors (Lipinski definition) is 4. The Morgan fingerprint density at radius 1 is 1.35 bits per heavy atom. The van der Waals surface area contributed by atoms with Crippen molar-refractivity contribution in [3.8, 4) is 5.75 Å². The van der Waals surface area contributed by atoms with Gasteiger partial charge in [-0.05, 0) is 25.0 Å². The zero-order chi connectivity index (χ0) is 13.8. The molecule has 0 unspecified atom stereocenters. The SMILES string of the molecule is O=C(NCC1(COc2ccccc2)CC1)c1cn[nH]n1. The molecule has 1 aliphatic rings. The predicted octanol–water partition coefficient (Wildman–Crippen LogP) is 1.39. The summed E-state index contributed by atoms with van der Waals surface area (Å²) < 4.78 is 5.77. The van der Waals surface area contributed by atoms with E-state index in [-0.39, 0.29) is 11.3 Å². The van der Waals surface area contributed by atoms with E-state index in [4.69, 9.17) is 4.74 Å². The summed E-state index contributed by atoms with van der Waals surface area (Å²) in [5.41, 5.74) is 0.375. The summed E-state index contributed by atoms with van der Waals surface area (Å²) in [6, 6.07) is 9.72. The van der Waals surface area contributed by atoms with Gasteiger partial charge in [0.1, 0.15) is 5.75 Å². The van der Waals surface area contributed by atoms with Crippen LogP contribution in [0.1, 0.15) is 23.3 Å². The number of ether oxygens (including phenoxy) is 1. The Hall–Kier alpha value is -2.37. The van der Waals surface area contributed by atoms with Crippen LogP contribution in [-0.4, -0.2) is 34.5 Å². The van der Waals surface area contributed by atoms with Crippen LogP contribution in [0.3, 0.4) is 0 Å². The second kappa shape index (κ2) is 5.32. The molecule has 3 rings (SSSR count). The normalized spacial score (nSPS) is 15.6. The average Bonchev–Trinajstić information content (AvgIpc) is 3.04. The molecule has 6 nitrogen and oxygen atoms in total. The Morgan fingerprint density at radius 3 is 2.80 bits per heavy atom. The van der Waals surface area contributed by atoms with Gasteiger partial charge in [0.2, 0.25) is 0 Å². The molecular weight excluding hydrogens is 256 g/mol. The minimum absolute atomic E-state index is 0.0647. The van der Waals surface area contributed by atoms with Crippen molar-refractivity contribution in [2.24, 2.45) is 5.41 Å². The van der Waals surface area contributed by atoms with Gasteiger partial charge in [0, 0.05) is 12.0 Å². The molecule has 0 radical (unpaired) electrons. The quantitative estimate of drug-likeness (QED) is 0.833. The number of aromatic amines is 1. The van der Waals surface area contributed by atoms with Crippen molar-refractivity contribution in [3.63, 3.8) is 0 Å². The number of H-pyrrole nitrogens is 1. The number of amides is 1. The van der Waals surface area contributed by atoms with E-state index in [9.17, 15) is 4.79 Å². The fourth-order valence-electron chi connectivity index (χ4n) is 1.97. The number of carbonyl (C=O) groups excluding carboxylic acids is 1. The van der Waals surface area contributed by atoms with E-state index in [1.54, 1.807) is 0 Å². The standard InChI is InChI=1S/C14H16N4O2/c19-13(12-8-16-18-17-12)15-9-14(6-7-14)10-20-11-4-2-1-3-5-11/h1-5,8H,6-7,9-10H2,(H,15,19)(H,16,17,18). The molecule has 0 spiro atoms. The third kappa shape index (κ3) is 2.96. The van der Waals surface area contributed by atoms with Crippen LogP contribution in [0, 0.1) is 5.41 Å². The maximum absolute atomic E-state index is 11.8. The van der Waals surface area contributed by atoms with Gasteiger partial charge in [-0.15, -0.1) is 0 Å². The van der Waals surface area contributed by atoms with Crippen LogP contribution >= 0.6 is 0 Å². The molecular formula is C14H16N4O2. The lowest BCUT2D eigenvalue weighted by Gasteiger charge is -2.16. The Bertz CT molecular complexity index is 564. The van der Waals surface area contributed by atoms with E-state index in [2.05, 4.69) is 20.7 Å². The number of hydrogen-bond donors (Lipinski definition) is 2. The van der Waals surface area contributed by atoms with Gasteiger partial charge in [-0.3, -0.25) is 4.79 Å². The molecule has 0 aliphatic heterocycles. The highest BCUT2D eigenvalue weighted by molar-refractivity contribution is 5.91. The third-order valence-corrected chi connectivity index (χ3v) is 3.52. The molecule has 20 heavy (non-hydrogen) atoms. The van der Waals surface area contributed by atoms with Crippen LogP contribution in [0.4, 0.5) is 0 Å². The summed E-state index contributed by atoms with van der Waals surface area (Å²) in [6.45, 7) is 1.22. The smallest absolute Gasteiger partial charge is 0.273 e. The van der Waals surface area contributed by atoms with Gasteiger partial charge in [0.25, 0.3) is 5.91 Å². The molecule has 2 N–H and O–H groups in total. The second-order valence-corrected chi connectivity index (χ2v) is 5.14. The largest absolute Gasteiger partial charge is 0.493 e. The first-order chi connectivity index (χ1) is 9.77. The molecule has 1 fully saturated rings. The van der Waals surface area contributed by atoms with E-state index in [0.29, 0.717) is 18.8 Å². The summed E-state index contributed by atoms with van der Waals surface area (Å²) >= 11 is 0. The van der Waals surface area contributed by atoms with Gasteiger partial charge in [0.05, 0.1) is 12.8 Å². The number of rotatable bonds is 6. The lowest BCUT2D eigenvalue weighted by Crippen LogP contribution is -2.33. The van der Waals surface area contributed by atoms with Gasteiger partial charge >= 0.3 is 0 Å². The van der Waals surface area contributed by atoms with Gasteiger partial charge in [0.15, 0.2) is 5.69 Å². The fraction of sp³-hybridized carbons (Fsp3) is 0.357. The molecule has 1 aromatic heterocycles. The molecule has 0 atom stereocenters. The van der Waals surface area contributed by atoms with Crippen molar-refractivity contribution >= 4 is 5.91 Å². The molecule has 2 aromatic rings. The van der Waals surface area contributed by atoms with Crippen molar-refractivity contribution in [1.29, 1.82) is 0 Å². The molecule has 1 aromatic carbocycles. The summed E-state index contributed by atoms with van der Waals surface area (Å²) in [5.74, 6) is 0.659. The minimum Gasteiger partial charge on any atom is -0.493 e. The Labute approximate surface area is 116 Å². The minimum atomic E-state index is -0.204. The molecule has 1 saturated carbocycles. The lowest BCUT2D eigenvalue weighted by molar-refractivity contribution is 0.0932. The van der Waals surface area contributed by atoms with Crippen LogP contribution in [0.15, 0.2) is 36.5 Å². The summed E-state index contributed by atoms with van der Waals surface area (Å²) in [6.07, 6.45) is 3.55. The number of aromatic nitrogens is 3. The summed E-state index contributed by atoms with van der Waals surface area (Å²) in [4.78, 5) is 11.8. The van der Waals surface area contributed by atoms with E-state index >= 15 is 0 Å². The molecule has 1 heterocycles. The van der Waals surface area contributed by atoms with Crippen LogP contribution in [0.25, 0.3) is 0 Å². The number of carbonyl (C=O) groups is 1. The molecule has 1 aliphatic carbocycles. The van der Waals surface area contributed by atoms with Gasteiger partial charge in [-0.25, -0.2) is 0 Å². The average molecular weight is 272 g/mol. The first-order valence-electron chi connectivity index (χ1n) is 6.59. The molecule has 104 valence electrons. The highest BCUT2D eigenvalue weighted by Gasteiger charge is 2.43. The number of nitrogens with zero attached hydrogens (tertiary/aromatic N) is 2. The zero-order valence-corrected chi connectivity index (χ0v) is 11.0. The monoisotopic (exact) mass is 272 g/mol. The lowest BCUT2D eigenvalue weighted by atomic mass is 10.1. The Balaban J connectivity index is 1.49. The Morgan fingerprint density at radius 2 is 2.15 bits per heavy atom. The van der Waals surface area contributed by atoms with E-state index in [1.165, 1.54) is 6.20 Å². The zero-order valence-electron chi connectivity index (χ0n) is 11.0. The van der Waals surface area contributed by atoms with Crippen molar-refractivity contribution in [2.45, 2.75) is 12.8 Å². The number of nitrogens with one attached hydrogen (secondary N) is 2. The van der Waals surface area contributed by atoms with E-state index in [0.717, 1.165) is 18.6 Å². The van der Waals surface area contributed by atoms with Crippen molar-refractivity contribution in [2.75, 3.05) is 13.2 Å². The highest BCUT2D eigenvalue weighted by atomic mass is 16.5. The topological polar surface area (TPSA) is 79.9 Å². The summed E-state index contributed by atoms with van der Waals surface area (Å²) in [5, 5.41) is 12.7. The van der Waals surface area contributed by atoms with Crippen LogP contribution in [0.5, 0.6) is 5.75 Å². The van der Waals surface area contributed by atoms with Gasteiger partial charge in [-0.2, -0.15) is 15.4 Å². The van der Waals surface area contributed by atoms with Crippen LogP contribution in [-0.2, 0) is 0 Å². The maximum Gasteiger partial charge on any atom is 0.273 e.